The minimum absolute atomic E-state index is 0.0713. The predicted molar refractivity (Wildman–Crippen MR) is 125 cm³/mol. The van der Waals surface area contributed by atoms with Gasteiger partial charge in [0.1, 0.15) is 11.6 Å². The van der Waals surface area contributed by atoms with Gasteiger partial charge in [-0.25, -0.2) is 14.4 Å². The Morgan fingerprint density at radius 3 is 2.75 bits per heavy atom. The minimum atomic E-state index is -0.315. The maximum Gasteiger partial charge on any atom is 0.225 e. The molecule has 0 aliphatic carbocycles. The number of rotatable bonds is 6. The van der Waals surface area contributed by atoms with Gasteiger partial charge in [0.25, 0.3) is 0 Å². The van der Waals surface area contributed by atoms with Crippen molar-refractivity contribution in [2.75, 3.05) is 18.0 Å². The number of carbonyl (C=O) groups is 1. The molecule has 1 fully saturated rings. The number of carbonyl (C=O) groups excluding carboxylic acids is 1. The standard InChI is InChI=1S/C26H29FN4O/c1-18(2)20-10-8-19(9-11-20)16-29-26(32)22-6-4-14-31(17-22)24-12-13-28-25(30-24)21-5-3-7-23(27)15-21/h3,5,7-13,15,18,22H,4,6,14,16-17H2,1-2H3,(H,29,32)/t22-/m0/s1. The third-order valence-electron chi connectivity index (χ3n) is 5.95. The number of hydrogen-bond acceptors (Lipinski definition) is 4. The van der Waals surface area contributed by atoms with E-state index in [2.05, 4.69) is 58.3 Å². The Morgan fingerprint density at radius 2 is 2.00 bits per heavy atom. The molecule has 0 saturated carbocycles. The third-order valence-corrected chi connectivity index (χ3v) is 5.95. The molecule has 0 bridgehead atoms. The van der Waals surface area contributed by atoms with Crippen molar-refractivity contribution in [3.8, 4) is 11.4 Å². The fourth-order valence-electron chi connectivity index (χ4n) is 4.05. The van der Waals surface area contributed by atoms with Crippen molar-refractivity contribution < 1.29 is 9.18 Å². The molecule has 166 valence electrons. The summed E-state index contributed by atoms with van der Waals surface area (Å²) >= 11 is 0. The number of hydrogen-bond donors (Lipinski definition) is 1. The van der Waals surface area contributed by atoms with E-state index in [1.807, 2.05) is 6.07 Å². The zero-order chi connectivity index (χ0) is 22.5. The summed E-state index contributed by atoms with van der Waals surface area (Å²) in [6.07, 6.45) is 3.46. The van der Waals surface area contributed by atoms with E-state index >= 15 is 0 Å². The monoisotopic (exact) mass is 432 g/mol. The van der Waals surface area contributed by atoms with Gasteiger partial charge in [0.15, 0.2) is 5.82 Å². The molecule has 4 rings (SSSR count). The zero-order valence-electron chi connectivity index (χ0n) is 18.6. The Balaban J connectivity index is 1.39. The van der Waals surface area contributed by atoms with E-state index in [-0.39, 0.29) is 17.6 Å². The first-order chi connectivity index (χ1) is 15.5. The Hall–Kier alpha value is -3.28. The van der Waals surface area contributed by atoms with Gasteiger partial charge in [-0.1, -0.05) is 50.2 Å². The van der Waals surface area contributed by atoms with E-state index in [0.29, 0.717) is 30.4 Å². The summed E-state index contributed by atoms with van der Waals surface area (Å²) in [5, 5.41) is 3.09. The fraction of sp³-hybridized carbons (Fsp3) is 0.346. The average molecular weight is 433 g/mol. The highest BCUT2D eigenvalue weighted by molar-refractivity contribution is 5.79. The van der Waals surface area contributed by atoms with E-state index in [0.717, 1.165) is 30.8 Å². The molecule has 0 unspecified atom stereocenters. The first-order valence-corrected chi connectivity index (χ1v) is 11.2. The Kier molecular flexibility index (Phi) is 6.78. The molecule has 1 aromatic heterocycles. The van der Waals surface area contributed by atoms with Crippen molar-refractivity contribution in [1.29, 1.82) is 0 Å². The van der Waals surface area contributed by atoms with Crippen molar-refractivity contribution in [3.05, 3.63) is 77.7 Å². The van der Waals surface area contributed by atoms with Crippen LogP contribution in [0.1, 0.15) is 43.7 Å². The first-order valence-electron chi connectivity index (χ1n) is 11.2. The Labute approximate surface area is 188 Å². The second kappa shape index (κ2) is 9.90. The lowest BCUT2D eigenvalue weighted by Crippen LogP contribution is -2.43. The molecule has 2 aromatic carbocycles. The van der Waals surface area contributed by atoms with Crippen LogP contribution in [0.25, 0.3) is 11.4 Å². The summed E-state index contributed by atoms with van der Waals surface area (Å²) < 4.78 is 13.6. The number of benzene rings is 2. The van der Waals surface area contributed by atoms with Crippen LogP contribution >= 0.6 is 0 Å². The van der Waals surface area contributed by atoms with Gasteiger partial charge in [0.05, 0.1) is 5.92 Å². The highest BCUT2D eigenvalue weighted by atomic mass is 19.1. The summed E-state index contributed by atoms with van der Waals surface area (Å²) in [4.78, 5) is 23.9. The number of halogens is 1. The Bertz CT molecular complexity index is 1070. The average Bonchev–Trinajstić information content (AvgIpc) is 2.83. The summed E-state index contributed by atoms with van der Waals surface area (Å²) in [5.41, 5.74) is 3.04. The number of aromatic nitrogens is 2. The van der Waals surface area contributed by atoms with Gasteiger partial charge >= 0.3 is 0 Å². The van der Waals surface area contributed by atoms with E-state index in [1.54, 1.807) is 18.3 Å². The van der Waals surface area contributed by atoms with Gasteiger partial charge in [-0.15, -0.1) is 0 Å². The molecule has 0 spiro atoms. The largest absolute Gasteiger partial charge is 0.356 e. The molecule has 3 aromatic rings. The minimum Gasteiger partial charge on any atom is -0.356 e. The third kappa shape index (κ3) is 5.31. The van der Waals surface area contributed by atoms with Crippen LogP contribution in [0.4, 0.5) is 10.2 Å². The zero-order valence-corrected chi connectivity index (χ0v) is 18.6. The molecule has 2 heterocycles. The quantitative estimate of drug-likeness (QED) is 0.600. The lowest BCUT2D eigenvalue weighted by Gasteiger charge is -2.33. The SMILES string of the molecule is CC(C)c1ccc(CNC(=O)[C@H]2CCCN(c3ccnc(-c4cccc(F)c4)n3)C2)cc1. The molecule has 6 heteroatoms. The highest BCUT2D eigenvalue weighted by Gasteiger charge is 2.26. The van der Waals surface area contributed by atoms with E-state index in [4.69, 9.17) is 0 Å². The number of amides is 1. The molecule has 1 aliphatic heterocycles. The smallest absolute Gasteiger partial charge is 0.225 e. The first kappa shape index (κ1) is 21.9. The number of piperidine rings is 1. The van der Waals surface area contributed by atoms with Gasteiger partial charge < -0.3 is 10.2 Å². The molecule has 5 nitrogen and oxygen atoms in total. The van der Waals surface area contributed by atoms with Crippen LogP contribution in [0.3, 0.4) is 0 Å². The van der Waals surface area contributed by atoms with Crippen LogP contribution in [-0.4, -0.2) is 29.0 Å². The Morgan fingerprint density at radius 1 is 1.19 bits per heavy atom. The van der Waals surface area contributed by atoms with Gasteiger partial charge in [-0.3, -0.25) is 4.79 Å². The van der Waals surface area contributed by atoms with Gasteiger partial charge in [0, 0.05) is 31.4 Å². The maximum absolute atomic E-state index is 13.6. The number of nitrogens with one attached hydrogen (secondary N) is 1. The summed E-state index contributed by atoms with van der Waals surface area (Å²) in [7, 11) is 0. The summed E-state index contributed by atoms with van der Waals surface area (Å²) in [6, 6.07) is 16.5. The lowest BCUT2D eigenvalue weighted by molar-refractivity contribution is -0.125. The maximum atomic E-state index is 13.6. The van der Waals surface area contributed by atoms with Gasteiger partial charge in [0.2, 0.25) is 5.91 Å². The molecule has 32 heavy (non-hydrogen) atoms. The molecule has 1 amide bonds. The van der Waals surface area contributed by atoms with Crippen LogP contribution in [0.2, 0.25) is 0 Å². The fourth-order valence-corrected chi connectivity index (χ4v) is 4.05. The van der Waals surface area contributed by atoms with E-state index in [1.165, 1.54) is 17.7 Å². The van der Waals surface area contributed by atoms with Crippen molar-refractivity contribution in [1.82, 2.24) is 15.3 Å². The normalized spacial score (nSPS) is 16.2. The van der Waals surface area contributed by atoms with Crippen LogP contribution < -0.4 is 10.2 Å². The lowest BCUT2D eigenvalue weighted by atomic mass is 9.97. The van der Waals surface area contributed by atoms with Crippen LogP contribution in [0.15, 0.2) is 60.8 Å². The van der Waals surface area contributed by atoms with Gasteiger partial charge in [-0.05, 0) is 48.1 Å². The van der Waals surface area contributed by atoms with Crippen molar-refractivity contribution in [3.63, 3.8) is 0 Å². The molecule has 1 atom stereocenters. The summed E-state index contributed by atoms with van der Waals surface area (Å²) in [6.45, 7) is 6.32. The van der Waals surface area contributed by atoms with E-state index in [9.17, 15) is 9.18 Å². The molecular weight excluding hydrogens is 403 g/mol. The molecule has 1 aliphatic rings. The second-order valence-electron chi connectivity index (χ2n) is 8.65. The number of nitrogens with zero attached hydrogens (tertiary/aromatic N) is 3. The highest BCUT2D eigenvalue weighted by Crippen LogP contribution is 2.24. The second-order valence-corrected chi connectivity index (χ2v) is 8.65. The predicted octanol–water partition coefficient (Wildman–Crippen LogP) is 4.94. The van der Waals surface area contributed by atoms with Crippen LogP contribution in [0.5, 0.6) is 0 Å². The van der Waals surface area contributed by atoms with Crippen LogP contribution in [-0.2, 0) is 11.3 Å². The van der Waals surface area contributed by atoms with E-state index < -0.39 is 0 Å². The van der Waals surface area contributed by atoms with Crippen molar-refractivity contribution in [2.24, 2.45) is 5.92 Å². The van der Waals surface area contributed by atoms with Gasteiger partial charge in [-0.2, -0.15) is 0 Å². The molecule has 1 saturated heterocycles. The van der Waals surface area contributed by atoms with Crippen molar-refractivity contribution in [2.45, 2.75) is 39.2 Å². The molecular formula is C26H29FN4O. The summed E-state index contributed by atoms with van der Waals surface area (Å²) in [5.74, 6) is 1.41. The molecule has 1 N–H and O–H groups in total. The van der Waals surface area contributed by atoms with Crippen molar-refractivity contribution >= 4 is 11.7 Å². The van der Waals surface area contributed by atoms with Crippen LogP contribution in [0, 0.1) is 11.7 Å². The molecule has 0 radical (unpaired) electrons. The topological polar surface area (TPSA) is 58.1 Å². The number of anilines is 1.